The Bertz CT molecular complexity index is 692. The maximum absolute atomic E-state index is 13.4. The fourth-order valence-electron chi connectivity index (χ4n) is 3.95. The van der Waals surface area contributed by atoms with Crippen molar-refractivity contribution in [1.82, 2.24) is 9.21 Å². The second-order valence-corrected chi connectivity index (χ2v) is 8.40. The Kier molecular flexibility index (Phi) is 4.58. The van der Waals surface area contributed by atoms with E-state index >= 15 is 0 Å². The molecule has 1 atom stereocenters. The molecule has 1 aromatic carbocycles. The van der Waals surface area contributed by atoms with E-state index in [2.05, 4.69) is 11.5 Å². The lowest BCUT2D eigenvalue weighted by Gasteiger charge is -2.45. The number of halogens is 1. The number of hydrogen-bond acceptors (Lipinski definition) is 3. The fraction of sp³-hybridized carbons (Fsp3) is 0.529. The molecule has 2 saturated heterocycles. The number of rotatable bonds is 4. The van der Waals surface area contributed by atoms with E-state index in [-0.39, 0.29) is 10.4 Å². The molecule has 0 N–H and O–H groups in total. The van der Waals surface area contributed by atoms with E-state index in [9.17, 15) is 12.8 Å². The van der Waals surface area contributed by atoms with Crippen LogP contribution in [0, 0.1) is 5.82 Å². The zero-order chi connectivity index (χ0) is 16.5. The van der Waals surface area contributed by atoms with Gasteiger partial charge in [0, 0.05) is 25.2 Å². The lowest BCUT2D eigenvalue weighted by Crippen LogP contribution is -2.56. The third kappa shape index (κ3) is 3.07. The number of benzene rings is 1. The molecule has 0 radical (unpaired) electrons. The molecule has 1 spiro atoms. The van der Waals surface area contributed by atoms with Crippen LogP contribution < -0.4 is 0 Å². The maximum atomic E-state index is 13.4. The molecule has 1 unspecified atom stereocenters. The minimum atomic E-state index is -3.65. The van der Waals surface area contributed by atoms with E-state index in [0.29, 0.717) is 13.1 Å². The number of sulfonamides is 1. The highest BCUT2D eigenvalue weighted by atomic mass is 32.2. The lowest BCUT2D eigenvalue weighted by molar-refractivity contribution is 0.0841. The molecule has 0 saturated carbocycles. The third-order valence-electron chi connectivity index (χ3n) is 5.04. The zero-order valence-corrected chi connectivity index (χ0v) is 14.1. The third-order valence-corrected chi connectivity index (χ3v) is 6.89. The highest BCUT2D eigenvalue weighted by Crippen LogP contribution is 2.38. The predicted octanol–water partition coefficient (Wildman–Crippen LogP) is 2.63. The smallest absolute Gasteiger partial charge is 0.243 e. The molecule has 0 bridgehead atoms. The lowest BCUT2D eigenvalue weighted by atomic mass is 9.87. The van der Waals surface area contributed by atoms with Gasteiger partial charge in [0.2, 0.25) is 10.0 Å². The van der Waals surface area contributed by atoms with Crippen LogP contribution in [0.4, 0.5) is 4.39 Å². The van der Waals surface area contributed by atoms with E-state index in [1.165, 1.54) is 22.5 Å². The molecule has 0 amide bonds. The Morgan fingerprint density at radius 1 is 1.26 bits per heavy atom. The van der Waals surface area contributed by atoms with Gasteiger partial charge in [0.25, 0.3) is 0 Å². The minimum Gasteiger partial charge on any atom is -0.293 e. The standard InChI is InChI=1S/C17H23FN2O2S/c1-2-10-19-11-4-8-17(19)9-5-12-20(14-17)23(21,22)16-7-3-6-15(18)13-16/h2-3,6-7,13H,1,4-5,8-12,14H2. The van der Waals surface area contributed by atoms with Crippen molar-refractivity contribution < 1.29 is 12.8 Å². The van der Waals surface area contributed by atoms with Crippen molar-refractivity contribution in [2.45, 2.75) is 36.1 Å². The highest BCUT2D eigenvalue weighted by Gasteiger charge is 2.45. The van der Waals surface area contributed by atoms with Gasteiger partial charge in [0.1, 0.15) is 5.82 Å². The molecule has 1 aromatic rings. The summed E-state index contributed by atoms with van der Waals surface area (Å²) in [5.74, 6) is -0.521. The van der Waals surface area contributed by atoms with Crippen molar-refractivity contribution in [3.63, 3.8) is 0 Å². The van der Waals surface area contributed by atoms with Crippen LogP contribution in [0.2, 0.25) is 0 Å². The largest absolute Gasteiger partial charge is 0.293 e. The van der Waals surface area contributed by atoms with Crippen molar-refractivity contribution in [2.24, 2.45) is 0 Å². The van der Waals surface area contributed by atoms with Gasteiger partial charge in [-0.25, -0.2) is 12.8 Å². The molecular formula is C17H23FN2O2S. The van der Waals surface area contributed by atoms with E-state index in [1.807, 2.05) is 6.08 Å². The topological polar surface area (TPSA) is 40.6 Å². The minimum absolute atomic E-state index is 0.0443. The second-order valence-electron chi connectivity index (χ2n) is 6.46. The van der Waals surface area contributed by atoms with Crippen molar-refractivity contribution in [3.8, 4) is 0 Å². The summed E-state index contributed by atoms with van der Waals surface area (Å²) in [5.41, 5.74) is -0.0904. The van der Waals surface area contributed by atoms with Crippen LogP contribution in [0.3, 0.4) is 0 Å². The first-order valence-electron chi connectivity index (χ1n) is 8.10. The van der Waals surface area contributed by atoms with Gasteiger partial charge in [-0.05, 0) is 50.4 Å². The summed E-state index contributed by atoms with van der Waals surface area (Å²) in [4.78, 5) is 2.40. The zero-order valence-electron chi connectivity index (χ0n) is 13.2. The highest BCUT2D eigenvalue weighted by molar-refractivity contribution is 7.89. The van der Waals surface area contributed by atoms with Crippen molar-refractivity contribution in [3.05, 3.63) is 42.7 Å². The molecule has 2 aliphatic heterocycles. The van der Waals surface area contributed by atoms with Gasteiger partial charge in [0.15, 0.2) is 0 Å². The van der Waals surface area contributed by atoms with Gasteiger partial charge in [0.05, 0.1) is 4.90 Å². The summed E-state index contributed by atoms with van der Waals surface area (Å²) in [6.45, 7) is 6.57. The maximum Gasteiger partial charge on any atom is 0.243 e. The SMILES string of the molecule is C=CCN1CCCC12CCCN(S(=O)(=O)c1cccc(F)c1)C2. The quantitative estimate of drug-likeness (QED) is 0.793. The van der Waals surface area contributed by atoms with Crippen molar-refractivity contribution >= 4 is 10.0 Å². The summed E-state index contributed by atoms with van der Waals surface area (Å²) in [7, 11) is -3.65. The van der Waals surface area contributed by atoms with E-state index in [0.717, 1.165) is 44.8 Å². The molecule has 2 aliphatic rings. The average Bonchev–Trinajstić information content (AvgIpc) is 2.90. The predicted molar refractivity (Wildman–Crippen MR) is 88.1 cm³/mol. The van der Waals surface area contributed by atoms with E-state index in [1.54, 1.807) is 0 Å². The van der Waals surface area contributed by atoms with Crippen LogP contribution in [0.15, 0.2) is 41.8 Å². The van der Waals surface area contributed by atoms with Crippen molar-refractivity contribution in [2.75, 3.05) is 26.2 Å². The molecule has 2 heterocycles. The van der Waals surface area contributed by atoms with E-state index in [4.69, 9.17) is 0 Å². The number of hydrogen-bond donors (Lipinski definition) is 0. The van der Waals surface area contributed by atoms with Crippen LogP contribution in [-0.2, 0) is 10.0 Å². The van der Waals surface area contributed by atoms with Crippen LogP contribution in [0.1, 0.15) is 25.7 Å². The molecule has 0 aromatic heterocycles. The van der Waals surface area contributed by atoms with Gasteiger partial charge in [-0.3, -0.25) is 4.90 Å². The number of piperidine rings is 1. The second kappa shape index (κ2) is 6.34. The monoisotopic (exact) mass is 338 g/mol. The summed E-state index contributed by atoms with van der Waals surface area (Å²) in [6.07, 6.45) is 5.82. The van der Waals surface area contributed by atoms with E-state index < -0.39 is 15.8 Å². The first-order chi connectivity index (χ1) is 11.0. The molecule has 3 rings (SSSR count). The Morgan fingerprint density at radius 2 is 2.00 bits per heavy atom. The van der Waals surface area contributed by atoms with Crippen LogP contribution in [-0.4, -0.2) is 49.3 Å². The Labute approximate surface area is 137 Å². The van der Waals surface area contributed by atoms with Crippen molar-refractivity contribution in [1.29, 1.82) is 0 Å². The molecule has 23 heavy (non-hydrogen) atoms. The summed E-state index contributed by atoms with van der Waals surface area (Å²) < 4.78 is 40.7. The van der Waals surface area contributed by atoms with Crippen LogP contribution >= 0.6 is 0 Å². The number of nitrogens with zero attached hydrogens (tertiary/aromatic N) is 2. The van der Waals surface area contributed by atoms with Gasteiger partial charge < -0.3 is 0 Å². The normalized spacial score (nSPS) is 26.7. The summed E-state index contributed by atoms with van der Waals surface area (Å²) in [6, 6.07) is 5.28. The van der Waals surface area contributed by atoms with Gasteiger partial charge >= 0.3 is 0 Å². The fourth-order valence-corrected chi connectivity index (χ4v) is 5.54. The average molecular weight is 338 g/mol. The Balaban J connectivity index is 1.87. The number of likely N-dealkylation sites (tertiary alicyclic amines) is 1. The summed E-state index contributed by atoms with van der Waals surface area (Å²) in [5, 5.41) is 0. The molecule has 4 nitrogen and oxygen atoms in total. The molecule has 2 fully saturated rings. The molecule has 6 heteroatoms. The first-order valence-corrected chi connectivity index (χ1v) is 9.54. The van der Waals surface area contributed by atoms with Gasteiger partial charge in [-0.2, -0.15) is 4.31 Å². The Hall–Kier alpha value is -1.24. The Morgan fingerprint density at radius 3 is 2.70 bits per heavy atom. The first kappa shape index (κ1) is 16.6. The van der Waals surface area contributed by atoms with Gasteiger partial charge in [-0.1, -0.05) is 12.1 Å². The van der Waals surface area contributed by atoms with Gasteiger partial charge in [-0.15, -0.1) is 6.58 Å². The molecular weight excluding hydrogens is 315 g/mol. The molecule has 0 aliphatic carbocycles. The molecule has 126 valence electrons. The van der Waals surface area contributed by atoms with Crippen LogP contribution in [0.5, 0.6) is 0 Å². The van der Waals surface area contributed by atoms with Crippen LogP contribution in [0.25, 0.3) is 0 Å². The summed E-state index contributed by atoms with van der Waals surface area (Å²) >= 11 is 0.